The molecule has 0 heterocycles. The summed E-state index contributed by atoms with van der Waals surface area (Å²) in [5, 5.41) is 0. The van der Waals surface area contributed by atoms with Crippen LogP contribution in [0.1, 0.15) is 141 Å². The Bertz CT molecular complexity index is 613. The van der Waals surface area contributed by atoms with Crippen LogP contribution in [0.15, 0.2) is 0 Å². The fourth-order valence-corrected chi connectivity index (χ4v) is 14.5. The van der Waals surface area contributed by atoms with E-state index in [4.69, 9.17) is 0 Å². The van der Waals surface area contributed by atoms with Crippen LogP contribution in [0.5, 0.6) is 0 Å². The van der Waals surface area contributed by atoms with Gasteiger partial charge in [0.2, 0.25) is 0 Å². The zero-order valence-corrected chi connectivity index (χ0v) is 22.3. The molecule has 0 radical (unpaired) electrons. The van der Waals surface area contributed by atoms with E-state index in [9.17, 15) is 0 Å². The highest BCUT2D eigenvalue weighted by Crippen LogP contribution is 2.72. The Morgan fingerprint density at radius 1 is 0.353 bits per heavy atom. The summed E-state index contributed by atoms with van der Waals surface area (Å²) in [6.07, 6.45) is 35.9. The Balaban J connectivity index is 1.24. The Hall–Kier alpha value is 0. The van der Waals surface area contributed by atoms with Gasteiger partial charge in [-0.25, -0.2) is 0 Å². The van der Waals surface area contributed by atoms with E-state index >= 15 is 0 Å². The van der Waals surface area contributed by atoms with Crippen LogP contribution in [-0.4, -0.2) is 0 Å². The van der Waals surface area contributed by atoms with Crippen molar-refractivity contribution in [2.45, 2.75) is 141 Å². The van der Waals surface area contributed by atoms with Crippen LogP contribution < -0.4 is 0 Å². The zero-order valence-electron chi connectivity index (χ0n) is 22.3. The standard InChI is InChI=1S/C34H54/c1-3-7-29(8-4-1)31(33-17-23-11-24(18-33)13-25(12-23)19-33)32(30-9-5-2-6-10-30)34-20-26-14-27(21-34)16-28(15-26)22-34/h23-32H,1-22H2/t23?,24?,25?,26?,27?,28?,31-,32-,33?,34?/m1/s1. The molecule has 0 aromatic rings. The van der Waals surface area contributed by atoms with E-state index in [1.54, 1.807) is 141 Å². The molecule has 0 heteroatoms. The molecule has 10 aliphatic carbocycles. The molecule has 10 saturated carbocycles. The summed E-state index contributed by atoms with van der Waals surface area (Å²) >= 11 is 0. The van der Waals surface area contributed by atoms with Crippen LogP contribution >= 0.6 is 0 Å². The second kappa shape index (κ2) is 8.25. The predicted octanol–water partition coefficient (Wildman–Crippen LogP) is 9.81. The first-order valence-corrected chi connectivity index (χ1v) is 16.7. The van der Waals surface area contributed by atoms with Gasteiger partial charge in [0.05, 0.1) is 0 Å². The fourth-order valence-electron chi connectivity index (χ4n) is 14.5. The summed E-state index contributed by atoms with van der Waals surface area (Å²) < 4.78 is 0. The minimum absolute atomic E-state index is 0.794. The van der Waals surface area contributed by atoms with Crippen molar-refractivity contribution < 1.29 is 0 Å². The van der Waals surface area contributed by atoms with Crippen molar-refractivity contribution in [3.8, 4) is 0 Å². The van der Waals surface area contributed by atoms with Crippen LogP contribution in [0.4, 0.5) is 0 Å². The topological polar surface area (TPSA) is 0 Å². The van der Waals surface area contributed by atoms with Gasteiger partial charge in [-0.15, -0.1) is 0 Å². The Kier molecular flexibility index (Phi) is 5.34. The molecule has 10 aliphatic rings. The Morgan fingerprint density at radius 3 is 0.882 bits per heavy atom. The molecule has 0 aromatic carbocycles. The van der Waals surface area contributed by atoms with E-state index in [2.05, 4.69) is 0 Å². The van der Waals surface area contributed by atoms with Crippen molar-refractivity contribution in [3.05, 3.63) is 0 Å². The highest BCUT2D eigenvalue weighted by Gasteiger charge is 2.63. The highest BCUT2D eigenvalue weighted by molar-refractivity contribution is 5.13. The van der Waals surface area contributed by atoms with Crippen molar-refractivity contribution in [3.63, 3.8) is 0 Å². The van der Waals surface area contributed by atoms with Crippen molar-refractivity contribution >= 4 is 0 Å². The molecule has 10 fully saturated rings. The first-order chi connectivity index (χ1) is 16.7. The normalized spacial score (nSPS) is 52.2. The number of rotatable bonds is 5. The smallest absolute Gasteiger partial charge is 0.0256 e. The van der Waals surface area contributed by atoms with Gasteiger partial charge in [0.25, 0.3) is 0 Å². The van der Waals surface area contributed by atoms with E-state index < -0.39 is 0 Å². The van der Waals surface area contributed by atoms with E-state index in [1.807, 2.05) is 0 Å². The minimum Gasteiger partial charge on any atom is -0.0533 e. The van der Waals surface area contributed by atoms with Crippen LogP contribution in [0.2, 0.25) is 0 Å². The van der Waals surface area contributed by atoms with Gasteiger partial charge < -0.3 is 0 Å². The second-order valence-corrected chi connectivity index (χ2v) is 16.4. The maximum Gasteiger partial charge on any atom is -0.0256 e. The van der Waals surface area contributed by atoms with Crippen LogP contribution in [0, 0.1) is 70.0 Å². The van der Waals surface area contributed by atoms with E-state index in [0.717, 1.165) is 70.0 Å². The average molecular weight is 463 g/mol. The largest absolute Gasteiger partial charge is 0.0533 e. The summed E-state index contributed by atoms with van der Waals surface area (Å²) in [7, 11) is 0. The maximum absolute atomic E-state index is 1.69. The maximum atomic E-state index is 1.69. The van der Waals surface area contributed by atoms with Gasteiger partial charge in [-0.3, -0.25) is 0 Å². The lowest BCUT2D eigenvalue weighted by Gasteiger charge is -2.68. The van der Waals surface area contributed by atoms with Crippen LogP contribution in [0.25, 0.3) is 0 Å². The molecular formula is C34H54. The molecule has 8 bridgehead atoms. The van der Waals surface area contributed by atoms with E-state index in [1.165, 1.54) is 0 Å². The highest BCUT2D eigenvalue weighted by atomic mass is 14.7. The van der Waals surface area contributed by atoms with Crippen LogP contribution in [0.3, 0.4) is 0 Å². The number of hydrogen-bond donors (Lipinski definition) is 0. The summed E-state index contributed by atoms with van der Waals surface area (Å²) in [4.78, 5) is 0. The predicted molar refractivity (Wildman–Crippen MR) is 141 cm³/mol. The SMILES string of the molecule is C1CCC([C@H]([C@@H](C2CCCCC2)C23CC4CC(CC(C4)C2)C3)C23CC4CC(CC(C4)C2)C3)CC1. The first kappa shape index (κ1) is 22.0. The van der Waals surface area contributed by atoms with Gasteiger partial charge in [-0.2, -0.15) is 0 Å². The molecule has 10 rings (SSSR count). The molecule has 0 unspecified atom stereocenters. The summed E-state index contributed by atoms with van der Waals surface area (Å²) in [6, 6.07) is 0. The Morgan fingerprint density at radius 2 is 0.618 bits per heavy atom. The van der Waals surface area contributed by atoms with Gasteiger partial charge in [0.15, 0.2) is 0 Å². The molecule has 0 aromatic heterocycles. The zero-order chi connectivity index (χ0) is 22.3. The minimum atomic E-state index is 0.794. The van der Waals surface area contributed by atoms with E-state index in [0.29, 0.717) is 0 Å². The fraction of sp³-hybridized carbons (Fsp3) is 1.00. The van der Waals surface area contributed by atoms with Gasteiger partial charge in [-0.05, 0) is 147 Å². The van der Waals surface area contributed by atoms with Gasteiger partial charge in [0, 0.05) is 0 Å². The second-order valence-electron chi connectivity index (χ2n) is 16.4. The lowest BCUT2D eigenvalue weighted by atomic mass is 9.37. The molecule has 0 N–H and O–H groups in total. The third-order valence-electron chi connectivity index (χ3n) is 14.3. The summed E-state index contributed by atoms with van der Waals surface area (Å²) in [6.45, 7) is 0. The van der Waals surface area contributed by atoms with Gasteiger partial charge in [-0.1, -0.05) is 64.2 Å². The average Bonchev–Trinajstić information content (AvgIpc) is 2.81. The van der Waals surface area contributed by atoms with E-state index in [-0.39, 0.29) is 0 Å². The lowest BCUT2D eigenvalue weighted by molar-refractivity contribution is -0.187. The monoisotopic (exact) mass is 462 g/mol. The number of hydrogen-bond acceptors (Lipinski definition) is 0. The molecule has 2 atom stereocenters. The molecule has 0 nitrogen and oxygen atoms in total. The van der Waals surface area contributed by atoms with Crippen LogP contribution in [-0.2, 0) is 0 Å². The first-order valence-electron chi connectivity index (χ1n) is 16.7. The lowest BCUT2D eigenvalue weighted by Crippen LogP contribution is -2.60. The van der Waals surface area contributed by atoms with Crippen molar-refractivity contribution in [1.29, 1.82) is 0 Å². The quantitative estimate of drug-likeness (QED) is 0.381. The molecule has 34 heavy (non-hydrogen) atoms. The van der Waals surface area contributed by atoms with Crippen molar-refractivity contribution in [1.82, 2.24) is 0 Å². The third kappa shape index (κ3) is 3.48. The summed E-state index contributed by atoms with van der Waals surface area (Å²) in [5.41, 5.74) is 1.59. The molecular weight excluding hydrogens is 408 g/mol. The third-order valence-corrected chi connectivity index (χ3v) is 14.3. The van der Waals surface area contributed by atoms with Gasteiger partial charge in [0.1, 0.15) is 0 Å². The Labute approximate surface area is 211 Å². The molecule has 0 spiro atoms. The molecule has 0 aliphatic heterocycles. The molecule has 190 valence electrons. The molecule has 0 amide bonds. The van der Waals surface area contributed by atoms with Gasteiger partial charge >= 0.3 is 0 Å². The van der Waals surface area contributed by atoms with Crippen molar-refractivity contribution in [2.75, 3.05) is 0 Å². The summed E-state index contributed by atoms with van der Waals surface area (Å²) in [5.74, 6) is 11.3. The molecule has 0 saturated heterocycles. The van der Waals surface area contributed by atoms with Crippen molar-refractivity contribution in [2.24, 2.45) is 70.0 Å².